The van der Waals surface area contributed by atoms with Crippen molar-refractivity contribution in [3.05, 3.63) is 0 Å². The van der Waals surface area contributed by atoms with Gasteiger partial charge in [0.2, 0.25) is 0 Å². The Morgan fingerprint density at radius 1 is 1.12 bits per heavy atom. The first-order chi connectivity index (χ1) is 8.34. The average Bonchev–Trinajstić information content (AvgIpc) is 3.11. The fourth-order valence-corrected chi connectivity index (χ4v) is 3.48. The molecule has 98 valence electrons. The Kier molecular flexibility index (Phi) is 3.69. The quantitative estimate of drug-likeness (QED) is 0.805. The van der Waals surface area contributed by atoms with E-state index >= 15 is 0 Å². The van der Waals surface area contributed by atoms with Crippen LogP contribution in [0.4, 0.5) is 0 Å². The first kappa shape index (κ1) is 11.9. The highest BCUT2D eigenvalue weighted by atomic mass is 16.5. The molecule has 2 heterocycles. The number of piperidine rings is 1. The number of hydrogen-bond acceptors (Lipinski definition) is 3. The van der Waals surface area contributed by atoms with Crippen molar-refractivity contribution < 1.29 is 4.74 Å². The predicted molar refractivity (Wildman–Crippen MR) is 69.1 cm³/mol. The van der Waals surface area contributed by atoms with Crippen LogP contribution in [0.15, 0.2) is 0 Å². The number of nitrogens with one attached hydrogen (secondary N) is 1. The second-order valence-corrected chi connectivity index (χ2v) is 6.05. The molecule has 1 aliphatic carbocycles. The number of ether oxygens (including phenoxy) is 1. The molecule has 3 heteroatoms. The Morgan fingerprint density at radius 2 is 1.88 bits per heavy atom. The second kappa shape index (κ2) is 5.25. The molecule has 0 aromatic rings. The van der Waals surface area contributed by atoms with Crippen molar-refractivity contribution in [2.45, 2.75) is 57.2 Å². The normalized spacial score (nSPS) is 35.6. The SMILES string of the molecule is CC1OCCC1N(CC1CCNCC1)C1CC1. The molecule has 2 unspecified atom stereocenters. The van der Waals surface area contributed by atoms with Gasteiger partial charge in [-0.15, -0.1) is 0 Å². The van der Waals surface area contributed by atoms with Gasteiger partial charge in [-0.25, -0.2) is 0 Å². The fourth-order valence-electron chi connectivity index (χ4n) is 3.48. The molecular weight excluding hydrogens is 212 g/mol. The van der Waals surface area contributed by atoms with Crippen molar-refractivity contribution in [2.75, 3.05) is 26.2 Å². The third-order valence-corrected chi connectivity index (χ3v) is 4.71. The number of nitrogens with zero attached hydrogens (tertiary/aromatic N) is 1. The lowest BCUT2D eigenvalue weighted by atomic mass is 9.96. The zero-order valence-corrected chi connectivity index (χ0v) is 11.0. The van der Waals surface area contributed by atoms with Gasteiger partial charge in [-0.3, -0.25) is 4.90 Å². The van der Waals surface area contributed by atoms with Crippen LogP contribution in [0.5, 0.6) is 0 Å². The van der Waals surface area contributed by atoms with Crippen LogP contribution >= 0.6 is 0 Å². The average molecular weight is 238 g/mol. The van der Waals surface area contributed by atoms with Crippen LogP contribution in [0.3, 0.4) is 0 Å². The maximum atomic E-state index is 5.76. The Hall–Kier alpha value is -0.120. The van der Waals surface area contributed by atoms with E-state index in [4.69, 9.17) is 4.74 Å². The Morgan fingerprint density at radius 3 is 2.47 bits per heavy atom. The maximum absolute atomic E-state index is 5.76. The molecule has 3 fully saturated rings. The Balaban J connectivity index is 1.59. The smallest absolute Gasteiger partial charge is 0.0703 e. The summed E-state index contributed by atoms with van der Waals surface area (Å²) in [4.78, 5) is 2.80. The minimum atomic E-state index is 0.456. The van der Waals surface area contributed by atoms with Crippen LogP contribution in [0.2, 0.25) is 0 Å². The number of hydrogen-bond donors (Lipinski definition) is 1. The summed E-state index contributed by atoms with van der Waals surface area (Å²) < 4.78 is 5.76. The van der Waals surface area contributed by atoms with Crippen molar-refractivity contribution in [3.63, 3.8) is 0 Å². The molecule has 1 saturated carbocycles. The van der Waals surface area contributed by atoms with Gasteiger partial charge in [0.15, 0.2) is 0 Å². The van der Waals surface area contributed by atoms with E-state index in [0.717, 1.165) is 18.6 Å². The Labute approximate surface area is 105 Å². The van der Waals surface area contributed by atoms with E-state index in [1.54, 1.807) is 0 Å². The molecule has 0 amide bonds. The molecule has 0 radical (unpaired) electrons. The third-order valence-electron chi connectivity index (χ3n) is 4.71. The molecule has 3 nitrogen and oxygen atoms in total. The summed E-state index contributed by atoms with van der Waals surface area (Å²) in [5.41, 5.74) is 0. The van der Waals surface area contributed by atoms with Crippen molar-refractivity contribution >= 4 is 0 Å². The zero-order valence-electron chi connectivity index (χ0n) is 11.0. The molecule has 2 atom stereocenters. The summed E-state index contributed by atoms with van der Waals surface area (Å²) in [6.45, 7) is 7.00. The summed E-state index contributed by atoms with van der Waals surface area (Å²) >= 11 is 0. The molecular formula is C14H26N2O. The van der Waals surface area contributed by atoms with Gasteiger partial charge in [-0.05, 0) is 58.0 Å². The van der Waals surface area contributed by atoms with Crippen LogP contribution in [-0.2, 0) is 4.74 Å². The van der Waals surface area contributed by atoms with Crippen molar-refractivity contribution in [3.8, 4) is 0 Å². The highest BCUT2D eigenvalue weighted by Crippen LogP contribution is 2.34. The first-order valence-corrected chi connectivity index (χ1v) is 7.42. The van der Waals surface area contributed by atoms with E-state index in [1.807, 2.05) is 0 Å². The van der Waals surface area contributed by atoms with Gasteiger partial charge < -0.3 is 10.1 Å². The Bertz CT molecular complexity index is 249. The van der Waals surface area contributed by atoms with Gasteiger partial charge in [-0.2, -0.15) is 0 Å². The standard InChI is InChI=1S/C14H26N2O/c1-11-14(6-9-17-11)16(13-2-3-13)10-12-4-7-15-8-5-12/h11-15H,2-10H2,1H3. The molecule has 17 heavy (non-hydrogen) atoms. The lowest BCUT2D eigenvalue weighted by Gasteiger charge is -2.35. The third kappa shape index (κ3) is 2.83. The molecule has 0 spiro atoms. The summed E-state index contributed by atoms with van der Waals surface area (Å²) in [6.07, 6.45) is 7.29. The van der Waals surface area contributed by atoms with E-state index in [-0.39, 0.29) is 0 Å². The van der Waals surface area contributed by atoms with Gasteiger partial charge >= 0.3 is 0 Å². The van der Waals surface area contributed by atoms with Gasteiger partial charge in [0.1, 0.15) is 0 Å². The molecule has 3 aliphatic rings. The highest BCUT2D eigenvalue weighted by molar-refractivity contribution is 4.94. The van der Waals surface area contributed by atoms with Crippen molar-refractivity contribution in [1.82, 2.24) is 10.2 Å². The summed E-state index contributed by atoms with van der Waals surface area (Å²) in [5.74, 6) is 0.921. The van der Waals surface area contributed by atoms with Crippen LogP contribution in [0.25, 0.3) is 0 Å². The number of rotatable bonds is 4. The molecule has 2 aliphatic heterocycles. The van der Waals surface area contributed by atoms with E-state index < -0.39 is 0 Å². The van der Waals surface area contributed by atoms with Gasteiger partial charge in [-0.1, -0.05) is 0 Å². The first-order valence-electron chi connectivity index (χ1n) is 7.42. The lowest BCUT2D eigenvalue weighted by Crippen LogP contribution is -2.45. The molecule has 3 rings (SSSR count). The fraction of sp³-hybridized carbons (Fsp3) is 1.00. The van der Waals surface area contributed by atoms with Crippen LogP contribution in [0.1, 0.15) is 39.0 Å². The van der Waals surface area contributed by atoms with Crippen LogP contribution < -0.4 is 5.32 Å². The van der Waals surface area contributed by atoms with Gasteiger partial charge in [0.05, 0.1) is 6.10 Å². The molecule has 2 saturated heterocycles. The van der Waals surface area contributed by atoms with Crippen molar-refractivity contribution in [2.24, 2.45) is 5.92 Å². The molecule has 1 N–H and O–H groups in total. The van der Waals surface area contributed by atoms with Crippen molar-refractivity contribution in [1.29, 1.82) is 0 Å². The molecule has 0 aromatic carbocycles. The topological polar surface area (TPSA) is 24.5 Å². The molecule has 0 bridgehead atoms. The zero-order chi connectivity index (χ0) is 11.7. The largest absolute Gasteiger partial charge is 0.377 e. The lowest BCUT2D eigenvalue weighted by molar-refractivity contribution is 0.0599. The van der Waals surface area contributed by atoms with Crippen LogP contribution in [-0.4, -0.2) is 49.3 Å². The van der Waals surface area contributed by atoms with Gasteiger partial charge in [0.25, 0.3) is 0 Å². The van der Waals surface area contributed by atoms with E-state index in [0.29, 0.717) is 12.1 Å². The van der Waals surface area contributed by atoms with E-state index in [1.165, 1.54) is 51.7 Å². The minimum absolute atomic E-state index is 0.456. The minimum Gasteiger partial charge on any atom is -0.377 e. The van der Waals surface area contributed by atoms with Crippen LogP contribution in [0, 0.1) is 5.92 Å². The second-order valence-electron chi connectivity index (χ2n) is 6.05. The monoisotopic (exact) mass is 238 g/mol. The van der Waals surface area contributed by atoms with E-state index in [9.17, 15) is 0 Å². The maximum Gasteiger partial charge on any atom is 0.0703 e. The highest BCUT2D eigenvalue weighted by Gasteiger charge is 2.39. The molecule has 0 aromatic heterocycles. The predicted octanol–water partition coefficient (Wildman–Crippen LogP) is 1.63. The summed E-state index contributed by atoms with van der Waals surface area (Å²) in [7, 11) is 0. The van der Waals surface area contributed by atoms with E-state index in [2.05, 4.69) is 17.1 Å². The summed E-state index contributed by atoms with van der Waals surface area (Å²) in [6, 6.07) is 1.59. The summed E-state index contributed by atoms with van der Waals surface area (Å²) in [5, 5.41) is 3.47. The van der Waals surface area contributed by atoms with Gasteiger partial charge in [0, 0.05) is 25.2 Å².